The molecule has 0 saturated carbocycles. The third-order valence-corrected chi connectivity index (χ3v) is 5.06. The number of hydrogen-bond acceptors (Lipinski definition) is 4. The molecule has 148 valence electrons. The van der Waals surface area contributed by atoms with E-state index in [4.69, 9.17) is 9.47 Å². The second-order valence-electron chi connectivity index (χ2n) is 7.01. The van der Waals surface area contributed by atoms with Crippen LogP contribution in [0.15, 0.2) is 72.8 Å². The highest BCUT2D eigenvalue weighted by atomic mass is 16.5. The van der Waals surface area contributed by atoms with Gasteiger partial charge in [0.05, 0.1) is 7.11 Å². The van der Waals surface area contributed by atoms with Crippen molar-refractivity contribution in [1.82, 2.24) is 0 Å². The van der Waals surface area contributed by atoms with Crippen LogP contribution in [-0.4, -0.2) is 25.6 Å². The lowest BCUT2D eigenvalue weighted by molar-refractivity contribution is -0.118. The molecule has 1 heterocycles. The number of amides is 1. The van der Waals surface area contributed by atoms with Crippen molar-refractivity contribution >= 4 is 17.3 Å². The zero-order valence-corrected chi connectivity index (χ0v) is 16.6. The summed E-state index contributed by atoms with van der Waals surface area (Å²) in [7, 11) is 1.62. The molecule has 1 atom stereocenters. The largest absolute Gasteiger partial charge is 0.493 e. The molecule has 5 heteroatoms. The van der Waals surface area contributed by atoms with E-state index in [1.54, 1.807) is 7.11 Å². The molecular weight excluding hydrogens is 364 g/mol. The summed E-state index contributed by atoms with van der Waals surface area (Å²) in [5.74, 6) is 2.11. The summed E-state index contributed by atoms with van der Waals surface area (Å²) < 4.78 is 11.2. The van der Waals surface area contributed by atoms with Gasteiger partial charge in [0.2, 0.25) is 5.91 Å². The quantitative estimate of drug-likeness (QED) is 0.654. The predicted octanol–water partition coefficient (Wildman–Crippen LogP) is 4.88. The predicted molar refractivity (Wildman–Crippen MR) is 115 cm³/mol. The van der Waals surface area contributed by atoms with Crippen LogP contribution in [0.4, 0.5) is 11.4 Å². The first-order valence-electron chi connectivity index (χ1n) is 9.72. The Balaban J connectivity index is 1.40. The molecule has 0 aromatic heterocycles. The molecule has 3 aromatic carbocycles. The van der Waals surface area contributed by atoms with Crippen LogP contribution in [0.1, 0.15) is 12.5 Å². The van der Waals surface area contributed by atoms with E-state index >= 15 is 0 Å². The molecule has 0 fully saturated rings. The van der Waals surface area contributed by atoms with Crippen molar-refractivity contribution < 1.29 is 14.3 Å². The minimum atomic E-state index is -0.331. The van der Waals surface area contributed by atoms with Gasteiger partial charge in [0, 0.05) is 17.9 Å². The Morgan fingerprint density at radius 3 is 2.41 bits per heavy atom. The van der Waals surface area contributed by atoms with Crippen molar-refractivity contribution in [3.05, 3.63) is 78.4 Å². The molecule has 0 radical (unpaired) electrons. The molecule has 1 amide bonds. The third-order valence-electron chi connectivity index (χ3n) is 5.06. The number of benzene rings is 3. The van der Waals surface area contributed by atoms with E-state index in [1.165, 1.54) is 5.56 Å². The molecule has 0 aliphatic carbocycles. The van der Waals surface area contributed by atoms with Crippen molar-refractivity contribution in [2.45, 2.75) is 19.4 Å². The maximum atomic E-state index is 12.9. The lowest BCUT2D eigenvalue weighted by atomic mass is 10.2. The van der Waals surface area contributed by atoms with Gasteiger partial charge in [-0.3, -0.25) is 4.79 Å². The van der Waals surface area contributed by atoms with Crippen molar-refractivity contribution in [2.75, 3.05) is 23.9 Å². The highest BCUT2D eigenvalue weighted by Crippen LogP contribution is 2.32. The third kappa shape index (κ3) is 4.04. The summed E-state index contributed by atoms with van der Waals surface area (Å²) in [6.45, 7) is 2.62. The van der Waals surface area contributed by atoms with E-state index in [-0.39, 0.29) is 11.9 Å². The Morgan fingerprint density at radius 2 is 1.66 bits per heavy atom. The number of carbonyl (C=O) groups is 1. The number of hydrogen-bond donors (Lipinski definition) is 1. The zero-order valence-electron chi connectivity index (χ0n) is 16.6. The normalized spacial score (nSPS) is 13.5. The molecule has 0 bridgehead atoms. The molecule has 1 N–H and O–H groups in total. The second-order valence-corrected chi connectivity index (χ2v) is 7.01. The molecule has 0 spiro atoms. The molecule has 0 saturated heterocycles. The summed E-state index contributed by atoms with van der Waals surface area (Å²) in [6, 6.07) is 22.8. The summed E-state index contributed by atoms with van der Waals surface area (Å²) in [5, 5.41) is 3.29. The summed E-state index contributed by atoms with van der Waals surface area (Å²) in [5.41, 5.74) is 3.11. The summed E-state index contributed by atoms with van der Waals surface area (Å²) in [4.78, 5) is 14.8. The summed E-state index contributed by atoms with van der Waals surface area (Å²) >= 11 is 0. The fourth-order valence-electron chi connectivity index (χ4n) is 3.56. The van der Waals surface area contributed by atoms with Gasteiger partial charge in [-0.15, -0.1) is 0 Å². The van der Waals surface area contributed by atoms with Crippen LogP contribution in [0.5, 0.6) is 17.2 Å². The van der Waals surface area contributed by atoms with Gasteiger partial charge in [0.1, 0.15) is 11.8 Å². The number of nitrogens with one attached hydrogen (secondary N) is 1. The smallest absolute Gasteiger partial charge is 0.249 e. The van der Waals surface area contributed by atoms with E-state index in [0.29, 0.717) is 17.2 Å². The van der Waals surface area contributed by atoms with Crippen LogP contribution in [0.25, 0.3) is 0 Å². The van der Waals surface area contributed by atoms with Crippen molar-refractivity contribution in [3.63, 3.8) is 0 Å². The van der Waals surface area contributed by atoms with E-state index in [2.05, 4.69) is 11.4 Å². The maximum absolute atomic E-state index is 12.9. The number of carbonyl (C=O) groups excluding carboxylic acids is 1. The van der Waals surface area contributed by atoms with Crippen LogP contribution in [0.3, 0.4) is 0 Å². The number of rotatable bonds is 6. The molecule has 4 rings (SSSR count). The number of nitrogens with zero attached hydrogens (tertiary/aromatic N) is 1. The number of methoxy groups -OCH3 is 1. The first-order chi connectivity index (χ1) is 14.2. The van der Waals surface area contributed by atoms with Gasteiger partial charge < -0.3 is 19.7 Å². The molecule has 1 aliphatic heterocycles. The molecule has 5 nitrogen and oxygen atoms in total. The lowest BCUT2D eigenvalue weighted by Gasteiger charge is -2.23. The van der Waals surface area contributed by atoms with E-state index in [0.717, 1.165) is 24.3 Å². The van der Waals surface area contributed by atoms with Crippen LogP contribution >= 0.6 is 0 Å². The van der Waals surface area contributed by atoms with Crippen LogP contribution in [0, 0.1) is 0 Å². The fraction of sp³-hybridized carbons (Fsp3) is 0.208. The van der Waals surface area contributed by atoms with Crippen molar-refractivity contribution in [1.29, 1.82) is 0 Å². The van der Waals surface area contributed by atoms with Gasteiger partial charge in [0.25, 0.3) is 0 Å². The Kier molecular flexibility index (Phi) is 5.38. The number of para-hydroxylation sites is 3. The van der Waals surface area contributed by atoms with Gasteiger partial charge >= 0.3 is 0 Å². The van der Waals surface area contributed by atoms with Crippen LogP contribution < -0.4 is 19.7 Å². The van der Waals surface area contributed by atoms with Gasteiger partial charge in [-0.1, -0.05) is 30.3 Å². The molecule has 3 aromatic rings. The minimum Gasteiger partial charge on any atom is -0.493 e. The maximum Gasteiger partial charge on any atom is 0.249 e. The van der Waals surface area contributed by atoms with Crippen LogP contribution in [0.2, 0.25) is 0 Å². The highest BCUT2D eigenvalue weighted by Gasteiger charge is 2.27. The standard InChI is InChI=1S/C24H24N2O3/c1-17(24(27)26-16-15-18-7-3-4-8-21(18)26)25-19-11-13-20(14-12-19)29-23-10-6-5-9-22(23)28-2/h3-14,17,25H,15-16H2,1-2H3. The highest BCUT2D eigenvalue weighted by molar-refractivity contribution is 6.00. The van der Waals surface area contributed by atoms with Gasteiger partial charge in [-0.2, -0.15) is 0 Å². The first-order valence-corrected chi connectivity index (χ1v) is 9.72. The topological polar surface area (TPSA) is 50.8 Å². The first kappa shape index (κ1) is 18.9. The second kappa shape index (κ2) is 8.27. The molecular formula is C24H24N2O3. The summed E-state index contributed by atoms with van der Waals surface area (Å²) in [6.07, 6.45) is 0.906. The van der Waals surface area contributed by atoms with Gasteiger partial charge in [-0.25, -0.2) is 0 Å². The number of anilines is 2. The Labute approximate surface area is 170 Å². The zero-order chi connectivity index (χ0) is 20.2. The Morgan fingerprint density at radius 1 is 0.966 bits per heavy atom. The fourth-order valence-corrected chi connectivity index (χ4v) is 3.56. The van der Waals surface area contributed by atoms with E-state index < -0.39 is 0 Å². The minimum absolute atomic E-state index is 0.0734. The molecule has 29 heavy (non-hydrogen) atoms. The molecule has 1 unspecified atom stereocenters. The SMILES string of the molecule is COc1ccccc1Oc1ccc(NC(C)C(=O)N2CCc3ccccc32)cc1. The Hall–Kier alpha value is -3.47. The monoisotopic (exact) mass is 388 g/mol. The van der Waals surface area contributed by atoms with Crippen molar-refractivity contribution in [2.24, 2.45) is 0 Å². The van der Waals surface area contributed by atoms with Gasteiger partial charge in [0.15, 0.2) is 11.5 Å². The van der Waals surface area contributed by atoms with E-state index in [9.17, 15) is 4.79 Å². The van der Waals surface area contributed by atoms with Crippen LogP contribution in [-0.2, 0) is 11.2 Å². The Bertz CT molecular complexity index is 1000. The van der Waals surface area contributed by atoms with Crippen molar-refractivity contribution in [3.8, 4) is 17.2 Å². The number of ether oxygens (including phenoxy) is 2. The van der Waals surface area contributed by atoms with E-state index in [1.807, 2.05) is 78.6 Å². The lowest BCUT2D eigenvalue weighted by Crippen LogP contribution is -2.40. The average Bonchev–Trinajstić information content (AvgIpc) is 3.19. The average molecular weight is 388 g/mol. The number of fused-ring (bicyclic) bond motifs is 1. The van der Waals surface area contributed by atoms with Gasteiger partial charge in [-0.05, 0) is 61.4 Å². The molecule has 1 aliphatic rings.